The topological polar surface area (TPSA) is 96.3 Å². The van der Waals surface area contributed by atoms with E-state index in [4.69, 9.17) is 0 Å². The third kappa shape index (κ3) is 4.16. The first-order chi connectivity index (χ1) is 13.8. The predicted octanol–water partition coefficient (Wildman–Crippen LogP) is 1.83. The Morgan fingerprint density at radius 1 is 1.21 bits per heavy atom. The van der Waals surface area contributed by atoms with Crippen LogP contribution in [0.1, 0.15) is 50.1 Å². The molecule has 0 spiro atoms. The van der Waals surface area contributed by atoms with Gasteiger partial charge in [0, 0.05) is 42.1 Å². The molecule has 0 unspecified atom stereocenters. The first-order valence-electron chi connectivity index (χ1n) is 9.87. The lowest BCUT2D eigenvalue weighted by Gasteiger charge is -2.22. The van der Waals surface area contributed by atoms with Crippen molar-refractivity contribution >= 4 is 23.4 Å². The molecule has 1 aliphatic rings. The summed E-state index contributed by atoms with van der Waals surface area (Å²) in [5.41, 5.74) is 3.13. The number of anilines is 1. The van der Waals surface area contributed by atoms with Gasteiger partial charge in [-0.3, -0.25) is 19.1 Å². The van der Waals surface area contributed by atoms with Crippen molar-refractivity contribution in [2.75, 3.05) is 4.90 Å². The standard InChI is InChI=1S/C21H27N5O3/c1-5-10-25-12-15(14(4)24-25)11-22-19(27)20(28)23-18-16-8-6-7-9-17(16)26(13(2)3)21(18)29/h6-9,12-13,18H,5,10-11H2,1-4H3,(H,22,27)(H,23,28)/t18-/m1/s1. The van der Waals surface area contributed by atoms with Gasteiger partial charge >= 0.3 is 11.8 Å². The SMILES string of the molecule is CCCn1cc(CNC(=O)C(=O)N[C@H]2C(=O)N(C(C)C)c3ccccc32)c(C)n1. The number of nitrogens with zero attached hydrogens (tertiary/aromatic N) is 3. The number of benzene rings is 1. The second-order valence-corrected chi connectivity index (χ2v) is 7.45. The number of carbonyl (C=O) groups excluding carboxylic acids is 3. The quantitative estimate of drug-likeness (QED) is 0.727. The maximum atomic E-state index is 12.8. The van der Waals surface area contributed by atoms with Crippen LogP contribution in [0.2, 0.25) is 0 Å². The van der Waals surface area contributed by atoms with Crippen molar-refractivity contribution in [2.45, 2.75) is 59.3 Å². The highest BCUT2D eigenvalue weighted by Gasteiger charge is 2.39. The molecule has 1 aromatic carbocycles. The van der Waals surface area contributed by atoms with E-state index in [0.717, 1.165) is 29.9 Å². The highest BCUT2D eigenvalue weighted by atomic mass is 16.2. The monoisotopic (exact) mass is 397 g/mol. The minimum absolute atomic E-state index is 0.0537. The van der Waals surface area contributed by atoms with Gasteiger partial charge < -0.3 is 15.5 Å². The Bertz CT molecular complexity index is 934. The molecule has 0 aliphatic carbocycles. The molecule has 0 radical (unpaired) electrons. The van der Waals surface area contributed by atoms with Crippen LogP contribution in [0.5, 0.6) is 0 Å². The number of aryl methyl sites for hydroxylation is 2. The van der Waals surface area contributed by atoms with E-state index < -0.39 is 17.9 Å². The molecule has 1 atom stereocenters. The van der Waals surface area contributed by atoms with Gasteiger partial charge in [-0.25, -0.2) is 0 Å². The summed E-state index contributed by atoms with van der Waals surface area (Å²) < 4.78 is 1.82. The number of carbonyl (C=O) groups is 3. The summed E-state index contributed by atoms with van der Waals surface area (Å²) >= 11 is 0. The lowest BCUT2D eigenvalue weighted by Crippen LogP contribution is -2.45. The van der Waals surface area contributed by atoms with E-state index >= 15 is 0 Å². The lowest BCUT2D eigenvalue weighted by atomic mass is 10.1. The number of hydrogen-bond acceptors (Lipinski definition) is 4. The predicted molar refractivity (Wildman–Crippen MR) is 109 cm³/mol. The van der Waals surface area contributed by atoms with Crippen molar-refractivity contribution in [1.29, 1.82) is 0 Å². The van der Waals surface area contributed by atoms with E-state index in [-0.39, 0.29) is 18.5 Å². The zero-order chi connectivity index (χ0) is 21.1. The number of amides is 3. The first kappa shape index (κ1) is 20.6. The zero-order valence-corrected chi connectivity index (χ0v) is 17.2. The Balaban J connectivity index is 1.65. The molecule has 154 valence electrons. The van der Waals surface area contributed by atoms with Crippen LogP contribution in [0.3, 0.4) is 0 Å². The summed E-state index contributed by atoms with van der Waals surface area (Å²) in [7, 11) is 0. The molecular formula is C21H27N5O3. The van der Waals surface area contributed by atoms with E-state index in [9.17, 15) is 14.4 Å². The number of nitrogens with one attached hydrogen (secondary N) is 2. The molecule has 8 nitrogen and oxygen atoms in total. The second kappa shape index (κ2) is 8.46. The Morgan fingerprint density at radius 3 is 2.62 bits per heavy atom. The lowest BCUT2D eigenvalue weighted by molar-refractivity contribution is -0.140. The number of hydrogen-bond donors (Lipinski definition) is 2. The van der Waals surface area contributed by atoms with Crippen molar-refractivity contribution in [3.63, 3.8) is 0 Å². The third-order valence-electron chi connectivity index (χ3n) is 4.93. The maximum Gasteiger partial charge on any atom is 0.310 e. The fourth-order valence-electron chi connectivity index (χ4n) is 3.54. The summed E-state index contributed by atoms with van der Waals surface area (Å²) in [6, 6.07) is 6.38. The Hall–Kier alpha value is -3.16. The van der Waals surface area contributed by atoms with E-state index in [1.165, 1.54) is 0 Å². The van der Waals surface area contributed by atoms with Gasteiger partial charge in [0.2, 0.25) is 0 Å². The van der Waals surface area contributed by atoms with E-state index in [2.05, 4.69) is 22.7 Å². The summed E-state index contributed by atoms with van der Waals surface area (Å²) in [5.74, 6) is -1.85. The smallest absolute Gasteiger partial charge is 0.310 e. The van der Waals surface area contributed by atoms with Crippen molar-refractivity contribution in [1.82, 2.24) is 20.4 Å². The van der Waals surface area contributed by atoms with Crippen LogP contribution < -0.4 is 15.5 Å². The largest absolute Gasteiger partial charge is 0.344 e. The molecule has 2 N–H and O–H groups in total. The third-order valence-corrected chi connectivity index (χ3v) is 4.93. The fourth-order valence-corrected chi connectivity index (χ4v) is 3.54. The Labute approximate surface area is 170 Å². The molecule has 1 aliphatic heterocycles. The van der Waals surface area contributed by atoms with Crippen LogP contribution in [-0.2, 0) is 27.5 Å². The second-order valence-electron chi connectivity index (χ2n) is 7.45. The highest BCUT2D eigenvalue weighted by Crippen LogP contribution is 2.36. The molecule has 3 rings (SSSR count). The molecule has 0 saturated carbocycles. The molecule has 29 heavy (non-hydrogen) atoms. The number of para-hydroxylation sites is 1. The van der Waals surface area contributed by atoms with Gasteiger partial charge in [-0.2, -0.15) is 5.10 Å². The maximum absolute atomic E-state index is 12.8. The van der Waals surface area contributed by atoms with Gasteiger partial charge in [0.15, 0.2) is 0 Å². The van der Waals surface area contributed by atoms with Crippen molar-refractivity contribution in [2.24, 2.45) is 0 Å². The molecule has 3 amide bonds. The molecule has 2 aromatic rings. The molecule has 0 bridgehead atoms. The zero-order valence-electron chi connectivity index (χ0n) is 17.2. The average Bonchev–Trinajstić information content (AvgIpc) is 3.17. The Morgan fingerprint density at radius 2 is 1.93 bits per heavy atom. The Kier molecular flexibility index (Phi) is 6.00. The number of aromatic nitrogens is 2. The van der Waals surface area contributed by atoms with E-state index in [1.54, 1.807) is 11.0 Å². The number of fused-ring (bicyclic) bond motifs is 1. The van der Waals surface area contributed by atoms with Gasteiger partial charge in [-0.05, 0) is 33.3 Å². The average molecular weight is 397 g/mol. The fraction of sp³-hybridized carbons (Fsp3) is 0.429. The molecule has 8 heteroatoms. The summed E-state index contributed by atoms with van der Waals surface area (Å²) in [5, 5.41) is 9.58. The number of rotatable bonds is 6. The highest BCUT2D eigenvalue weighted by molar-refractivity contribution is 6.35. The minimum Gasteiger partial charge on any atom is -0.344 e. The van der Waals surface area contributed by atoms with Crippen LogP contribution in [0.15, 0.2) is 30.5 Å². The molecule has 1 aromatic heterocycles. The minimum atomic E-state index is -0.860. The van der Waals surface area contributed by atoms with Crippen LogP contribution in [-0.4, -0.2) is 33.5 Å². The van der Waals surface area contributed by atoms with Crippen LogP contribution in [0.4, 0.5) is 5.69 Å². The van der Waals surface area contributed by atoms with Crippen LogP contribution >= 0.6 is 0 Å². The van der Waals surface area contributed by atoms with Crippen LogP contribution in [0.25, 0.3) is 0 Å². The van der Waals surface area contributed by atoms with Gasteiger partial charge in [-0.15, -0.1) is 0 Å². The van der Waals surface area contributed by atoms with Crippen molar-refractivity contribution in [3.8, 4) is 0 Å². The summed E-state index contributed by atoms with van der Waals surface area (Å²) in [6.07, 6.45) is 2.83. The van der Waals surface area contributed by atoms with Crippen LogP contribution in [0, 0.1) is 6.92 Å². The molecule has 0 saturated heterocycles. The van der Waals surface area contributed by atoms with E-state index in [1.807, 2.05) is 49.8 Å². The van der Waals surface area contributed by atoms with Crippen molar-refractivity contribution in [3.05, 3.63) is 47.3 Å². The normalized spacial score (nSPS) is 15.6. The van der Waals surface area contributed by atoms with Gasteiger partial charge in [0.05, 0.1) is 5.69 Å². The van der Waals surface area contributed by atoms with Gasteiger partial charge in [0.1, 0.15) is 6.04 Å². The molecular weight excluding hydrogens is 370 g/mol. The van der Waals surface area contributed by atoms with Crippen molar-refractivity contribution < 1.29 is 14.4 Å². The van der Waals surface area contributed by atoms with E-state index in [0.29, 0.717) is 5.56 Å². The van der Waals surface area contributed by atoms with Gasteiger partial charge in [0.25, 0.3) is 5.91 Å². The summed E-state index contributed by atoms with van der Waals surface area (Å²) in [4.78, 5) is 39.2. The molecule has 0 fully saturated rings. The summed E-state index contributed by atoms with van der Waals surface area (Å²) in [6.45, 7) is 8.74. The van der Waals surface area contributed by atoms with Gasteiger partial charge in [-0.1, -0.05) is 25.1 Å². The molecule has 2 heterocycles. The first-order valence-corrected chi connectivity index (χ1v) is 9.87.